The van der Waals surface area contributed by atoms with E-state index in [1.807, 2.05) is 30.5 Å². The molecule has 23 heavy (non-hydrogen) atoms. The molecule has 0 unspecified atom stereocenters. The molecule has 0 spiro atoms. The number of hydrogen-bond acceptors (Lipinski definition) is 6. The summed E-state index contributed by atoms with van der Waals surface area (Å²) in [6, 6.07) is 7.83. The van der Waals surface area contributed by atoms with Crippen LogP contribution >= 0.6 is 23.4 Å². The first kappa shape index (κ1) is 15.7. The number of nitrogens with zero attached hydrogens (tertiary/aromatic N) is 3. The predicted molar refractivity (Wildman–Crippen MR) is 89.7 cm³/mol. The third-order valence-corrected chi connectivity index (χ3v) is 4.23. The van der Waals surface area contributed by atoms with E-state index in [0.717, 1.165) is 15.8 Å². The van der Waals surface area contributed by atoms with Crippen LogP contribution < -0.4 is 0 Å². The number of fused-ring (bicyclic) bond motifs is 1. The van der Waals surface area contributed by atoms with Crippen LogP contribution in [0, 0.1) is 0 Å². The van der Waals surface area contributed by atoms with E-state index in [4.69, 9.17) is 16.3 Å². The molecule has 0 aliphatic carbocycles. The second-order valence-electron chi connectivity index (χ2n) is 4.66. The third kappa shape index (κ3) is 3.60. The lowest BCUT2D eigenvalue weighted by atomic mass is 10.2. The molecule has 116 valence electrons. The minimum Gasteiger partial charge on any atom is -0.456 e. The lowest BCUT2D eigenvalue weighted by molar-refractivity contribution is 0.0465. The molecule has 3 rings (SSSR count). The minimum atomic E-state index is -0.549. The number of thioether (sulfide) groups is 1. The molecule has 2 heterocycles. The maximum absolute atomic E-state index is 11.9. The van der Waals surface area contributed by atoms with Gasteiger partial charge in [0.05, 0.1) is 11.7 Å². The van der Waals surface area contributed by atoms with Crippen LogP contribution in [0.4, 0.5) is 0 Å². The van der Waals surface area contributed by atoms with Crippen LogP contribution in [0.2, 0.25) is 5.15 Å². The zero-order valence-corrected chi connectivity index (χ0v) is 13.8. The summed E-state index contributed by atoms with van der Waals surface area (Å²) in [6.45, 7) is 0.0292. The fourth-order valence-corrected chi connectivity index (χ4v) is 2.65. The SMILES string of the molecule is CSc1ccc2cc(COC(=O)c3cnccn3)c(Cl)nc2c1. The van der Waals surface area contributed by atoms with Crippen molar-refractivity contribution in [1.29, 1.82) is 0 Å². The van der Waals surface area contributed by atoms with E-state index >= 15 is 0 Å². The molecule has 0 radical (unpaired) electrons. The summed E-state index contributed by atoms with van der Waals surface area (Å²) >= 11 is 7.83. The van der Waals surface area contributed by atoms with Gasteiger partial charge in [-0.1, -0.05) is 17.7 Å². The number of ether oxygens (including phenoxy) is 1. The first-order valence-electron chi connectivity index (χ1n) is 6.73. The largest absolute Gasteiger partial charge is 0.456 e. The van der Waals surface area contributed by atoms with Crippen LogP contribution in [0.5, 0.6) is 0 Å². The average molecular weight is 346 g/mol. The Morgan fingerprint density at radius 3 is 2.91 bits per heavy atom. The van der Waals surface area contributed by atoms with Crippen LogP contribution in [0.3, 0.4) is 0 Å². The van der Waals surface area contributed by atoms with Crippen LogP contribution in [-0.4, -0.2) is 27.2 Å². The molecule has 0 amide bonds. The Morgan fingerprint density at radius 2 is 2.17 bits per heavy atom. The molecule has 0 atom stereocenters. The Kier molecular flexibility index (Phi) is 4.73. The van der Waals surface area contributed by atoms with Crippen molar-refractivity contribution in [3.63, 3.8) is 0 Å². The first-order chi connectivity index (χ1) is 11.2. The van der Waals surface area contributed by atoms with Crippen LogP contribution in [0.25, 0.3) is 10.9 Å². The third-order valence-electron chi connectivity index (χ3n) is 3.18. The maximum Gasteiger partial charge on any atom is 0.358 e. The monoisotopic (exact) mass is 345 g/mol. The summed E-state index contributed by atoms with van der Waals surface area (Å²) < 4.78 is 5.22. The van der Waals surface area contributed by atoms with Crippen molar-refractivity contribution in [2.75, 3.05) is 6.26 Å². The maximum atomic E-state index is 11.9. The Labute approximate surface area is 142 Å². The van der Waals surface area contributed by atoms with Crippen molar-refractivity contribution < 1.29 is 9.53 Å². The smallest absolute Gasteiger partial charge is 0.358 e. The Balaban J connectivity index is 1.80. The topological polar surface area (TPSA) is 65.0 Å². The van der Waals surface area contributed by atoms with Gasteiger partial charge in [-0.05, 0) is 24.5 Å². The van der Waals surface area contributed by atoms with E-state index in [2.05, 4.69) is 15.0 Å². The van der Waals surface area contributed by atoms with Crippen molar-refractivity contribution in [2.24, 2.45) is 0 Å². The van der Waals surface area contributed by atoms with Crippen molar-refractivity contribution in [3.05, 3.63) is 59.3 Å². The molecule has 0 bridgehead atoms. The van der Waals surface area contributed by atoms with Crippen LogP contribution in [-0.2, 0) is 11.3 Å². The molecule has 0 saturated carbocycles. The van der Waals surface area contributed by atoms with Crippen LogP contribution in [0.1, 0.15) is 16.1 Å². The molecular formula is C16H12ClN3O2S. The lowest BCUT2D eigenvalue weighted by Gasteiger charge is -2.08. The summed E-state index contributed by atoms with van der Waals surface area (Å²) in [4.78, 5) is 25.1. The van der Waals surface area contributed by atoms with E-state index in [1.54, 1.807) is 11.8 Å². The molecule has 1 aromatic carbocycles. The highest BCUT2D eigenvalue weighted by Crippen LogP contribution is 2.25. The van der Waals surface area contributed by atoms with Gasteiger partial charge in [-0.3, -0.25) is 4.98 Å². The number of carbonyl (C=O) groups is 1. The lowest BCUT2D eigenvalue weighted by Crippen LogP contribution is -2.08. The predicted octanol–water partition coefficient (Wildman–Crippen LogP) is 3.76. The second kappa shape index (κ2) is 6.93. The number of halogens is 1. The van der Waals surface area contributed by atoms with E-state index in [1.165, 1.54) is 18.6 Å². The quantitative estimate of drug-likeness (QED) is 0.407. The highest BCUT2D eigenvalue weighted by molar-refractivity contribution is 7.98. The van der Waals surface area contributed by atoms with Gasteiger partial charge in [0.1, 0.15) is 11.8 Å². The van der Waals surface area contributed by atoms with Gasteiger partial charge in [0.2, 0.25) is 0 Å². The van der Waals surface area contributed by atoms with Crippen molar-refractivity contribution in [3.8, 4) is 0 Å². The van der Waals surface area contributed by atoms with E-state index in [-0.39, 0.29) is 12.3 Å². The molecule has 0 aliphatic heterocycles. The first-order valence-corrected chi connectivity index (χ1v) is 8.34. The zero-order valence-electron chi connectivity index (χ0n) is 12.2. The molecule has 5 nitrogen and oxygen atoms in total. The number of rotatable bonds is 4. The van der Waals surface area contributed by atoms with Gasteiger partial charge >= 0.3 is 5.97 Å². The van der Waals surface area contributed by atoms with E-state index < -0.39 is 5.97 Å². The number of hydrogen-bond donors (Lipinski definition) is 0. The normalized spacial score (nSPS) is 10.7. The molecule has 3 aromatic rings. The Bertz CT molecular complexity index is 859. The van der Waals surface area contributed by atoms with Gasteiger partial charge in [-0.2, -0.15) is 0 Å². The van der Waals surface area contributed by atoms with Gasteiger partial charge in [-0.25, -0.2) is 14.8 Å². The van der Waals surface area contributed by atoms with Crippen molar-refractivity contribution in [1.82, 2.24) is 15.0 Å². The molecule has 7 heteroatoms. The number of benzene rings is 1. The Hall–Kier alpha value is -2.18. The van der Waals surface area contributed by atoms with E-state index in [0.29, 0.717) is 10.7 Å². The molecule has 0 saturated heterocycles. The van der Waals surface area contributed by atoms with E-state index in [9.17, 15) is 4.79 Å². The molecule has 0 aliphatic rings. The number of carbonyl (C=O) groups excluding carboxylic acids is 1. The molecule has 0 fully saturated rings. The zero-order chi connectivity index (χ0) is 16.2. The highest BCUT2D eigenvalue weighted by Gasteiger charge is 2.12. The van der Waals surface area contributed by atoms with Gasteiger partial charge in [0, 0.05) is 28.2 Å². The average Bonchev–Trinajstić information content (AvgIpc) is 2.60. The summed E-state index contributed by atoms with van der Waals surface area (Å²) in [5.74, 6) is -0.549. The van der Waals surface area contributed by atoms with Gasteiger partial charge in [-0.15, -0.1) is 11.8 Å². The number of aromatic nitrogens is 3. The molecular weight excluding hydrogens is 334 g/mol. The van der Waals surface area contributed by atoms with Crippen LogP contribution in [0.15, 0.2) is 47.8 Å². The second-order valence-corrected chi connectivity index (χ2v) is 5.90. The summed E-state index contributed by atoms with van der Waals surface area (Å²) in [7, 11) is 0. The van der Waals surface area contributed by atoms with Crippen molar-refractivity contribution in [2.45, 2.75) is 11.5 Å². The minimum absolute atomic E-state index is 0.0292. The van der Waals surface area contributed by atoms with Gasteiger partial charge in [0.25, 0.3) is 0 Å². The summed E-state index contributed by atoms with van der Waals surface area (Å²) in [6.07, 6.45) is 6.28. The number of pyridine rings is 1. The molecule has 2 aromatic heterocycles. The van der Waals surface area contributed by atoms with Gasteiger partial charge in [0.15, 0.2) is 5.69 Å². The number of esters is 1. The summed E-state index contributed by atoms with van der Waals surface area (Å²) in [5.41, 5.74) is 1.61. The fourth-order valence-electron chi connectivity index (χ4n) is 2.02. The standard InChI is InChI=1S/C16H12ClN3O2S/c1-23-12-3-2-10-6-11(15(17)20-13(10)7-12)9-22-16(21)14-8-18-4-5-19-14/h2-8H,9H2,1H3. The highest BCUT2D eigenvalue weighted by atomic mass is 35.5. The molecule has 0 N–H and O–H groups in total. The summed E-state index contributed by atoms with van der Waals surface area (Å²) in [5, 5.41) is 1.26. The van der Waals surface area contributed by atoms with Crippen molar-refractivity contribution >= 4 is 40.2 Å². The fraction of sp³-hybridized carbons (Fsp3) is 0.125. The Morgan fingerprint density at radius 1 is 1.30 bits per heavy atom. The van der Waals surface area contributed by atoms with Gasteiger partial charge < -0.3 is 4.74 Å².